The minimum atomic E-state index is -0.520. The lowest BCUT2D eigenvalue weighted by molar-refractivity contribution is -0.123. The quantitative estimate of drug-likeness (QED) is 0.872. The fourth-order valence-electron chi connectivity index (χ4n) is 3.34. The van der Waals surface area contributed by atoms with Gasteiger partial charge in [-0.25, -0.2) is 4.79 Å². The molecule has 7 nitrogen and oxygen atoms in total. The van der Waals surface area contributed by atoms with Gasteiger partial charge >= 0.3 is 6.09 Å². The largest absolute Gasteiger partial charge is 0.444 e. The Morgan fingerprint density at radius 2 is 1.96 bits per heavy atom. The molecule has 2 N–H and O–H groups in total. The SMILES string of the molecule is CC(C)(C)OC(=O)N1CCc2cc(N3CC(C(N)=O)CC3=O)ccc2C1. The van der Waals surface area contributed by atoms with Crippen molar-refractivity contribution in [3.8, 4) is 0 Å². The first-order valence-electron chi connectivity index (χ1n) is 8.83. The summed E-state index contributed by atoms with van der Waals surface area (Å²) in [6, 6.07) is 5.77. The number of hydrogen-bond donors (Lipinski definition) is 1. The van der Waals surface area contributed by atoms with Crippen LogP contribution in [-0.2, 0) is 27.3 Å². The van der Waals surface area contributed by atoms with Gasteiger partial charge in [0, 0.05) is 31.7 Å². The second-order valence-corrected chi connectivity index (χ2v) is 7.91. The Bertz CT molecular complexity index is 754. The van der Waals surface area contributed by atoms with Gasteiger partial charge in [0.25, 0.3) is 0 Å². The zero-order valence-corrected chi connectivity index (χ0v) is 15.4. The van der Waals surface area contributed by atoms with E-state index in [4.69, 9.17) is 10.5 Å². The maximum Gasteiger partial charge on any atom is 0.410 e. The number of primary amides is 1. The lowest BCUT2D eigenvalue weighted by Crippen LogP contribution is -2.40. The molecular formula is C19H25N3O4. The molecule has 3 rings (SSSR count). The summed E-state index contributed by atoms with van der Waals surface area (Å²) >= 11 is 0. The third kappa shape index (κ3) is 3.81. The molecule has 140 valence electrons. The standard InChI is InChI=1S/C19H25N3O4/c1-19(2,3)26-18(25)21-7-6-12-8-15(5-4-13(12)10-21)22-11-14(17(20)24)9-16(22)23/h4-5,8,14H,6-7,9-11H2,1-3H3,(H2,20,24). The Hall–Kier alpha value is -2.57. The number of ether oxygens (including phenoxy) is 1. The van der Waals surface area contributed by atoms with Gasteiger partial charge < -0.3 is 20.3 Å². The summed E-state index contributed by atoms with van der Waals surface area (Å²) in [6.07, 6.45) is 0.550. The van der Waals surface area contributed by atoms with E-state index in [0.717, 1.165) is 16.8 Å². The number of anilines is 1. The first kappa shape index (κ1) is 18.2. The van der Waals surface area contributed by atoms with Crippen molar-refractivity contribution in [1.82, 2.24) is 4.90 Å². The van der Waals surface area contributed by atoms with Crippen molar-refractivity contribution in [2.24, 2.45) is 11.7 Å². The first-order chi connectivity index (χ1) is 12.1. The highest BCUT2D eigenvalue weighted by atomic mass is 16.6. The van der Waals surface area contributed by atoms with Crippen LogP contribution in [0.25, 0.3) is 0 Å². The summed E-state index contributed by atoms with van der Waals surface area (Å²) < 4.78 is 5.44. The zero-order valence-electron chi connectivity index (χ0n) is 15.4. The van der Waals surface area contributed by atoms with E-state index in [-0.39, 0.29) is 18.4 Å². The number of fused-ring (bicyclic) bond motifs is 1. The van der Waals surface area contributed by atoms with Crippen LogP contribution in [0.1, 0.15) is 38.3 Å². The van der Waals surface area contributed by atoms with Crippen molar-refractivity contribution in [1.29, 1.82) is 0 Å². The van der Waals surface area contributed by atoms with Crippen molar-refractivity contribution in [2.45, 2.75) is 45.8 Å². The van der Waals surface area contributed by atoms with Gasteiger partial charge in [-0.15, -0.1) is 0 Å². The van der Waals surface area contributed by atoms with Gasteiger partial charge in [0.2, 0.25) is 11.8 Å². The Balaban J connectivity index is 1.72. The van der Waals surface area contributed by atoms with Crippen LogP contribution < -0.4 is 10.6 Å². The Kier molecular flexibility index (Phi) is 4.64. The summed E-state index contributed by atoms with van der Waals surface area (Å²) in [5.74, 6) is -0.951. The number of rotatable bonds is 2. The first-order valence-corrected chi connectivity index (χ1v) is 8.83. The van der Waals surface area contributed by atoms with Crippen LogP contribution in [0.2, 0.25) is 0 Å². The summed E-state index contributed by atoms with van der Waals surface area (Å²) in [4.78, 5) is 39.1. The van der Waals surface area contributed by atoms with Gasteiger partial charge in [-0.3, -0.25) is 9.59 Å². The number of amides is 3. The molecule has 0 aromatic heterocycles. The van der Waals surface area contributed by atoms with Crippen LogP contribution >= 0.6 is 0 Å². The van der Waals surface area contributed by atoms with E-state index >= 15 is 0 Å². The normalized spacial score (nSPS) is 20.1. The van der Waals surface area contributed by atoms with E-state index in [9.17, 15) is 14.4 Å². The number of nitrogens with zero attached hydrogens (tertiary/aromatic N) is 2. The molecule has 1 fully saturated rings. The summed E-state index contributed by atoms with van der Waals surface area (Å²) in [7, 11) is 0. The van der Waals surface area contributed by atoms with E-state index in [1.165, 1.54) is 0 Å². The molecule has 0 bridgehead atoms. The van der Waals surface area contributed by atoms with Crippen LogP contribution in [0.3, 0.4) is 0 Å². The van der Waals surface area contributed by atoms with E-state index in [0.29, 0.717) is 26.1 Å². The van der Waals surface area contributed by atoms with Gasteiger partial charge in [0.05, 0.1) is 5.92 Å². The van der Waals surface area contributed by atoms with Crippen molar-refractivity contribution < 1.29 is 19.1 Å². The molecule has 3 amide bonds. The minimum absolute atomic E-state index is 0.0834. The second-order valence-electron chi connectivity index (χ2n) is 7.91. The highest BCUT2D eigenvalue weighted by Gasteiger charge is 2.34. The molecular weight excluding hydrogens is 334 g/mol. The lowest BCUT2D eigenvalue weighted by atomic mass is 9.99. The van der Waals surface area contributed by atoms with Crippen LogP contribution in [0.15, 0.2) is 18.2 Å². The molecule has 1 atom stereocenters. The molecule has 0 spiro atoms. The molecule has 2 aliphatic rings. The van der Waals surface area contributed by atoms with E-state index in [1.807, 2.05) is 39.0 Å². The molecule has 7 heteroatoms. The van der Waals surface area contributed by atoms with Gasteiger partial charge in [-0.05, 0) is 50.5 Å². The average molecular weight is 359 g/mol. The number of hydrogen-bond acceptors (Lipinski definition) is 4. The Morgan fingerprint density at radius 1 is 1.23 bits per heavy atom. The fourth-order valence-corrected chi connectivity index (χ4v) is 3.34. The third-order valence-electron chi connectivity index (χ3n) is 4.69. The maximum atomic E-state index is 12.2. The highest BCUT2D eigenvalue weighted by Crippen LogP contribution is 2.29. The van der Waals surface area contributed by atoms with E-state index in [2.05, 4.69) is 0 Å². The van der Waals surface area contributed by atoms with Crippen LogP contribution in [0.4, 0.5) is 10.5 Å². The van der Waals surface area contributed by atoms with Crippen molar-refractivity contribution in [2.75, 3.05) is 18.0 Å². The van der Waals surface area contributed by atoms with Gasteiger partial charge in [-0.1, -0.05) is 6.07 Å². The highest BCUT2D eigenvalue weighted by molar-refractivity contribution is 6.00. The number of nitrogens with two attached hydrogens (primary N) is 1. The molecule has 1 aromatic rings. The van der Waals surface area contributed by atoms with Crippen LogP contribution in [0, 0.1) is 5.92 Å². The second kappa shape index (κ2) is 6.63. The van der Waals surface area contributed by atoms with E-state index < -0.39 is 17.4 Å². The number of carbonyl (C=O) groups excluding carboxylic acids is 3. The molecule has 26 heavy (non-hydrogen) atoms. The summed E-state index contributed by atoms with van der Waals surface area (Å²) in [6.45, 7) is 6.94. The van der Waals surface area contributed by atoms with E-state index in [1.54, 1.807) is 9.80 Å². The molecule has 1 aromatic carbocycles. The Labute approximate surface area is 153 Å². The predicted molar refractivity (Wildman–Crippen MR) is 96.4 cm³/mol. The number of benzene rings is 1. The van der Waals surface area contributed by atoms with Crippen LogP contribution in [0.5, 0.6) is 0 Å². The van der Waals surface area contributed by atoms with Crippen molar-refractivity contribution in [3.05, 3.63) is 29.3 Å². The molecule has 0 aliphatic carbocycles. The van der Waals surface area contributed by atoms with Gasteiger partial charge in [0.15, 0.2) is 0 Å². The Morgan fingerprint density at radius 3 is 2.58 bits per heavy atom. The molecule has 2 heterocycles. The van der Waals surface area contributed by atoms with Gasteiger partial charge in [0.1, 0.15) is 5.60 Å². The topological polar surface area (TPSA) is 92.9 Å². The maximum absolute atomic E-state index is 12.2. The third-order valence-corrected chi connectivity index (χ3v) is 4.69. The zero-order chi connectivity index (χ0) is 19.1. The van der Waals surface area contributed by atoms with Gasteiger partial charge in [-0.2, -0.15) is 0 Å². The smallest absolute Gasteiger partial charge is 0.410 e. The molecule has 0 radical (unpaired) electrons. The average Bonchev–Trinajstić information content (AvgIpc) is 2.94. The molecule has 2 aliphatic heterocycles. The fraction of sp³-hybridized carbons (Fsp3) is 0.526. The predicted octanol–water partition coefficient (Wildman–Crippen LogP) is 1.82. The van der Waals surface area contributed by atoms with Crippen molar-refractivity contribution >= 4 is 23.6 Å². The van der Waals surface area contributed by atoms with Crippen LogP contribution in [-0.4, -0.2) is 41.5 Å². The number of carbonyl (C=O) groups is 3. The molecule has 1 saturated heterocycles. The monoisotopic (exact) mass is 359 g/mol. The molecule has 1 unspecified atom stereocenters. The molecule has 0 saturated carbocycles. The van der Waals surface area contributed by atoms with Crippen molar-refractivity contribution in [3.63, 3.8) is 0 Å². The minimum Gasteiger partial charge on any atom is -0.444 e. The lowest BCUT2D eigenvalue weighted by Gasteiger charge is -2.31. The summed E-state index contributed by atoms with van der Waals surface area (Å²) in [5.41, 5.74) is 7.75. The summed E-state index contributed by atoms with van der Waals surface area (Å²) in [5, 5.41) is 0.